The molecule has 0 saturated carbocycles. The minimum atomic E-state index is -4.25. The minimum Gasteiger partial charge on any atom is -0.478 e. The third-order valence-corrected chi connectivity index (χ3v) is 2.79. The van der Waals surface area contributed by atoms with Crippen molar-refractivity contribution in [2.45, 2.75) is 19.0 Å². The van der Waals surface area contributed by atoms with Gasteiger partial charge in [-0.3, -0.25) is 4.79 Å². The number of carbonyl (C=O) groups excluding carboxylic acids is 1. The van der Waals surface area contributed by atoms with Gasteiger partial charge in [0.1, 0.15) is 0 Å². The number of carbonyl (C=O) groups is 2. The number of halogens is 4. The van der Waals surface area contributed by atoms with Gasteiger partial charge < -0.3 is 10.4 Å². The molecule has 0 radical (unpaired) electrons. The summed E-state index contributed by atoms with van der Waals surface area (Å²) in [5, 5.41) is 11.2. The van der Waals surface area contributed by atoms with Gasteiger partial charge in [-0.15, -0.1) is 0 Å². The van der Waals surface area contributed by atoms with Gasteiger partial charge in [0.05, 0.1) is 5.56 Å². The lowest BCUT2D eigenvalue weighted by atomic mass is 10.1. The Labute approximate surface area is 121 Å². The first kappa shape index (κ1) is 16.5. The second-order valence-electron chi connectivity index (χ2n) is 4.01. The van der Waals surface area contributed by atoms with Crippen LogP contribution in [0, 0.1) is 0 Å². The van der Waals surface area contributed by atoms with E-state index in [2.05, 4.69) is 21.2 Å². The summed E-state index contributed by atoms with van der Waals surface area (Å²) >= 11 is 3.07. The molecule has 1 amide bonds. The lowest BCUT2D eigenvalue weighted by Gasteiger charge is -2.08. The van der Waals surface area contributed by atoms with Crippen LogP contribution in [0.15, 0.2) is 22.7 Å². The summed E-state index contributed by atoms with van der Waals surface area (Å²) in [4.78, 5) is 22.5. The monoisotopic (exact) mass is 353 g/mol. The molecule has 20 heavy (non-hydrogen) atoms. The largest absolute Gasteiger partial charge is 0.478 e. The molecule has 1 aromatic carbocycles. The molecule has 0 aliphatic heterocycles. The van der Waals surface area contributed by atoms with E-state index in [4.69, 9.17) is 5.11 Å². The number of alkyl halides is 3. The SMILES string of the molecule is O=C(O)c1cc(Br)cc(C(=O)NCCCC(F)(F)F)c1. The maximum atomic E-state index is 11.9. The Hall–Kier alpha value is -1.57. The molecular weight excluding hydrogens is 343 g/mol. The van der Waals surface area contributed by atoms with Crippen LogP contribution in [0.2, 0.25) is 0 Å². The second kappa shape index (κ2) is 6.74. The fraction of sp³-hybridized carbons (Fsp3) is 0.333. The molecule has 0 fully saturated rings. The highest BCUT2D eigenvalue weighted by atomic mass is 79.9. The summed E-state index contributed by atoms with van der Waals surface area (Å²) < 4.78 is 36.1. The smallest absolute Gasteiger partial charge is 0.389 e. The van der Waals surface area contributed by atoms with E-state index >= 15 is 0 Å². The fourth-order valence-electron chi connectivity index (χ4n) is 1.44. The summed E-state index contributed by atoms with van der Waals surface area (Å²) in [6, 6.07) is 3.88. The van der Waals surface area contributed by atoms with Crippen LogP contribution in [-0.4, -0.2) is 29.7 Å². The number of hydrogen-bond acceptors (Lipinski definition) is 2. The van der Waals surface area contributed by atoms with E-state index in [9.17, 15) is 22.8 Å². The Morgan fingerprint density at radius 2 is 1.80 bits per heavy atom. The van der Waals surface area contributed by atoms with Gasteiger partial charge in [0.15, 0.2) is 0 Å². The van der Waals surface area contributed by atoms with Crippen molar-refractivity contribution in [1.29, 1.82) is 0 Å². The van der Waals surface area contributed by atoms with Crippen LogP contribution in [0.5, 0.6) is 0 Å². The fourth-order valence-corrected chi connectivity index (χ4v) is 1.93. The maximum absolute atomic E-state index is 11.9. The van der Waals surface area contributed by atoms with E-state index in [0.717, 1.165) is 6.07 Å². The zero-order valence-corrected chi connectivity index (χ0v) is 11.7. The van der Waals surface area contributed by atoms with Crippen LogP contribution in [0.3, 0.4) is 0 Å². The van der Waals surface area contributed by atoms with Gasteiger partial charge in [0, 0.05) is 23.0 Å². The third kappa shape index (κ3) is 5.60. The number of rotatable bonds is 5. The van der Waals surface area contributed by atoms with Crippen LogP contribution in [0.1, 0.15) is 33.6 Å². The standard InChI is InChI=1S/C12H11BrF3NO3/c13-9-5-7(4-8(6-9)11(19)20)10(18)17-3-1-2-12(14,15)16/h4-6H,1-3H2,(H,17,18)(H,19,20). The number of aromatic carboxylic acids is 1. The van der Waals surface area contributed by atoms with E-state index in [-0.39, 0.29) is 24.1 Å². The van der Waals surface area contributed by atoms with Crippen LogP contribution in [0.25, 0.3) is 0 Å². The van der Waals surface area contributed by atoms with Gasteiger partial charge in [0.25, 0.3) is 5.91 Å². The Morgan fingerprint density at radius 3 is 2.35 bits per heavy atom. The molecular formula is C12H11BrF3NO3. The van der Waals surface area contributed by atoms with Crippen LogP contribution in [0.4, 0.5) is 13.2 Å². The molecule has 0 aliphatic carbocycles. The van der Waals surface area contributed by atoms with Crippen molar-refractivity contribution in [3.8, 4) is 0 Å². The summed E-state index contributed by atoms with van der Waals surface area (Å²) in [5.41, 5.74) is -0.0106. The van der Waals surface area contributed by atoms with Crippen molar-refractivity contribution >= 4 is 27.8 Å². The number of amides is 1. The first-order chi connectivity index (χ1) is 9.19. The Bertz CT molecular complexity index is 517. The van der Waals surface area contributed by atoms with Gasteiger partial charge in [-0.1, -0.05) is 15.9 Å². The molecule has 2 N–H and O–H groups in total. The van der Waals surface area contributed by atoms with Crippen molar-refractivity contribution in [2.75, 3.05) is 6.54 Å². The molecule has 0 atom stereocenters. The summed E-state index contributed by atoms with van der Waals surface area (Å²) in [6.45, 7) is -0.132. The molecule has 8 heteroatoms. The zero-order valence-electron chi connectivity index (χ0n) is 10.1. The van der Waals surface area contributed by atoms with E-state index in [0.29, 0.717) is 4.47 Å². The van der Waals surface area contributed by atoms with Gasteiger partial charge in [-0.25, -0.2) is 4.79 Å². The van der Waals surface area contributed by atoms with E-state index < -0.39 is 24.5 Å². The van der Waals surface area contributed by atoms with Gasteiger partial charge in [-0.2, -0.15) is 13.2 Å². The Morgan fingerprint density at radius 1 is 1.20 bits per heavy atom. The number of carboxylic acids is 1. The summed E-state index contributed by atoms with van der Waals surface area (Å²) in [7, 11) is 0. The first-order valence-corrected chi connectivity index (χ1v) is 6.37. The van der Waals surface area contributed by atoms with E-state index in [1.54, 1.807) is 0 Å². The van der Waals surface area contributed by atoms with Gasteiger partial charge in [-0.05, 0) is 24.6 Å². The number of hydrogen-bond donors (Lipinski definition) is 2. The molecule has 0 bridgehead atoms. The molecule has 0 unspecified atom stereocenters. The van der Waals surface area contributed by atoms with Crippen LogP contribution >= 0.6 is 15.9 Å². The second-order valence-corrected chi connectivity index (χ2v) is 4.92. The van der Waals surface area contributed by atoms with E-state index in [1.807, 2.05) is 0 Å². The van der Waals surface area contributed by atoms with Crippen LogP contribution in [-0.2, 0) is 0 Å². The van der Waals surface area contributed by atoms with Crippen molar-refractivity contribution in [3.05, 3.63) is 33.8 Å². The normalized spacial score (nSPS) is 11.2. The molecule has 1 rings (SSSR count). The topological polar surface area (TPSA) is 66.4 Å². The van der Waals surface area contributed by atoms with Crippen molar-refractivity contribution in [3.63, 3.8) is 0 Å². The van der Waals surface area contributed by atoms with Gasteiger partial charge in [0.2, 0.25) is 0 Å². The molecule has 0 heterocycles. The van der Waals surface area contributed by atoms with Crippen LogP contribution < -0.4 is 5.32 Å². The summed E-state index contributed by atoms with van der Waals surface area (Å²) in [6.07, 6.45) is -5.46. The lowest BCUT2D eigenvalue weighted by Crippen LogP contribution is -2.25. The molecule has 1 aromatic rings. The Kier molecular flexibility index (Phi) is 5.55. The maximum Gasteiger partial charge on any atom is 0.389 e. The van der Waals surface area contributed by atoms with Crippen molar-refractivity contribution < 1.29 is 27.9 Å². The molecule has 110 valence electrons. The van der Waals surface area contributed by atoms with E-state index in [1.165, 1.54) is 12.1 Å². The molecule has 0 saturated heterocycles. The molecule has 0 aromatic heterocycles. The number of nitrogens with one attached hydrogen (secondary N) is 1. The van der Waals surface area contributed by atoms with Crippen molar-refractivity contribution in [2.24, 2.45) is 0 Å². The van der Waals surface area contributed by atoms with Crippen molar-refractivity contribution in [1.82, 2.24) is 5.32 Å². The average Bonchev–Trinajstić information content (AvgIpc) is 2.32. The minimum absolute atomic E-state index is 0.0729. The lowest BCUT2D eigenvalue weighted by molar-refractivity contribution is -0.135. The molecule has 4 nitrogen and oxygen atoms in total. The highest BCUT2D eigenvalue weighted by molar-refractivity contribution is 9.10. The number of benzene rings is 1. The predicted octanol–water partition coefficient (Wildman–Crippen LogP) is 3.22. The third-order valence-electron chi connectivity index (χ3n) is 2.33. The molecule has 0 aliphatic rings. The summed E-state index contributed by atoms with van der Waals surface area (Å²) in [5.74, 6) is -1.81. The Balaban J connectivity index is 2.62. The highest BCUT2D eigenvalue weighted by Crippen LogP contribution is 2.21. The zero-order chi connectivity index (χ0) is 15.3. The molecule has 0 spiro atoms. The van der Waals surface area contributed by atoms with Gasteiger partial charge >= 0.3 is 12.1 Å². The average molecular weight is 354 g/mol. The highest BCUT2D eigenvalue weighted by Gasteiger charge is 2.26. The predicted molar refractivity (Wildman–Crippen MR) is 68.7 cm³/mol. The first-order valence-electron chi connectivity index (χ1n) is 5.58. The number of carboxylic acid groups (broad SMARTS) is 1. The quantitative estimate of drug-likeness (QED) is 0.798.